The fraction of sp³-hybridized carbons (Fsp3) is 0.125. The molecule has 40 heavy (non-hydrogen) atoms. The molecule has 198 valence electrons. The van der Waals surface area contributed by atoms with Crippen molar-refractivity contribution < 1.29 is 9.53 Å². The molecule has 0 unspecified atom stereocenters. The van der Waals surface area contributed by atoms with Gasteiger partial charge in [-0.25, -0.2) is 14.5 Å². The molecule has 3 aromatic carbocycles. The predicted molar refractivity (Wildman–Crippen MR) is 156 cm³/mol. The zero-order chi connectivity index (χ0) is 27.6. The van der Waals surface area contributed by atoms with Crippen LogP contribution in [0, 0.1) is 0 Å². The second kappa shape index (κ2) is 10.7. The van der Waals surface area contributed by atoms with E-state index in [0.717, 1.165) is 28.1 Å². The minimum absolute atomic E-state index is 0.224. The zero-order valence-electron chi connectivity index (χ0n) is 22.0. The molecule has 7 nitrogen and oxygen atoms in total. The Morgan fingerprint density at radius 3 is 2.30 bits per heavy atom. The van der Waals surface area contributed by atoms with Crippen LogP contribution in [0.1, 0.15) is 31.0 Å². The molecule has 1 aliphatic heterocycles. The molecular formula is C32H26N4O3S. The van der Waals surface area contributed by atoms with Crippen molar-refractivity contribution in [3.05, 3.63) is 139 Å². The minimum atomic E-state index is -0.640. The number of thiazole rings is 1. The maximum Gasteiger partial charge on any atom is 0.338 e. The molecule has 2 aromatic heterocycles. The number of esters is 1. The smallest absolute Gasteiger partial charge is 0.338 e. The van der Waals surface area contributed by atoms with Crippen molar-refractivity contribution in [2.75, 3.05) is 6.61 Å². The quantitative estimate of drug-likeness (QED) is 0.291. The van der Waals surface area contributed by atoms with Crippen molar-refractivity contribution in [1.29, 1.82) is 0 Å². The zero-order valence-corrected chi connectivity index (χ0v) is 22.8. The fourth-order valence-corrected chi connectivity index (χ4v) is 5.95. The van der Waals surface area contributed by atoms with E-state index < -0.39 is 12.0 Å². The SMILES string of the molecule is CCOC(=O)C1=C(C)N=c2s/c(=C\c3cn(-c4ccccc4)nc3-c3ccccc3)c(=O)n2[C@H]1c1ccccc1. The Bertz CT molecular complexity index is 1900. The van der Waals surface area contributed by atoms with Crippen LogP contribution in [-0.4, -0.2) is 26.9 Å². The number of hydrogen-bond donors (Lipinski definition) is 0. The van der Waals surface area contributed by atoms with E-state index in [4.69, 9.17) is 9.84 Å². The minimum Gasteiger partial charge on any atom is -0.463 e. The van der Waals surface area contributed by atoms with Crippen LogP contribution in [0.5, 0.6) is 0 Å². The molecule has 1 aliphatic rings. The Morgan fingerprint density at radius 2 is 1.62 bits per heavy atom. The van der Waals surface area contributed by atoms with Crippen molar-refractivity contribution in [1.82, 2.24) is 14.3 Å². The first-order valence-electron chi connectivity index (χ1n) is 13.0. The molecule has 1 atom stereocenters. The summed E-state index contributed by atoms with van der Waals surface area (Å²) >= 11 is 1.30. The topological polar surface area (TPSA) is 78.5 Å². The monoisotopic (exact) mass is 546 g/mol. The highest BCUT2D eigenvalue weighted by molar-refractivity contribution is 7.07. The summed E-state index contributed by atoms with van der Waals surface area (Å²) in [6.45, 7) is 3.78. The highest BCUT2D eigenvalue weighted by atomic mass is 32.1. The number of carbonyl (C=O) groups is 1. The van der Waals surface area contributed by atoms with Gasteiger partial charge in [0.15, 0.2) is 4.80 Å². The third kappa shape index (κ3) is 4.63. The molecule has 0 saturated carbocycles. The molecule has 0 spiro atoms. The van der Waals surface area contributed by atoms with E-state index >= 15 is 0 Å². The van der Waals surface area contributed by atoms with Gasteiger partial charge in [0.05, 0.1) is 39.8 Å². The summed E-state index contributed by atoms with van der Waals surface area (Å²) < 4.78 is 9.31. The van der Waals surface area contributed by atoms with Crippen molar-refractivity contribution in [3.63, 3.8) is 0 Å². The Balaban J connectivity index is 1.56. The number of ether oxygens (including phenoxy) is 1. The van der Waals surface area contributed by atoms with E-state index in [1.54, 1.807) is 18.4 Å². The van der Waals surface area contributed by atoms with Crippen LogP contribution in [0.15, 0.2) is 118 Å². The van der Waals surface area contributed by atoms with E-state index in [-0.39, 0.29) is 12.2 Å². The number of fused-ring (bicyclic) bond motifs is 1. The summed E-state index contributed by atoms with van der Waals surface area (Å²) in [4.78, 5) is 32.3. The molecule has 6 rings (SSSR count). The summed E-state index contributed by atoms with van der Waals surface area (Å²) in [5.74, 6) is -0.470. The third-order valence-corrected chi connectivity index (χ3v) is 7.71. The number of rotatable bonds is 6. The molecule has 0 amide bonds. The Morgan fingerprint density at radius 1 is 0.975 bits per heavy atom. The van der Waals surface area contributed by atoms with E-state index in [1.807, 2.05) is 108 Å². The Hall–Kier alpha value is -4.82. The van der Waals surface area contributed by atoms with Crippen LogP contribution in [0.2, 0.25) is 0 Å². The summed E-state index contributed by atoms with van der Waals surface area (Å²) in [7, 11) is 0. The van der Waals surface area contributed by atoms with Gasteiger partial charge in [-0.1, -0.05) is 90.2 Å². The van der Waals surface area contributed by atoms with E-state index in [1.165, 1.54) is 11.3 Å². The lowest BCUT2D eigenvalue weighted by Crippen LogP contribution is -2.39. The highest BCUT2D eigenvalue weighted by Crippen LogP contribution is 2.30. The maximum absolute atomic E-state index is 14.0. The summed E-state index contributed by atoms with van der Waals surface area (Å²) in [5.41, 5.74) is 4.93. The van der Waals surface area contributed by atoms with Gasteiger partial charge in [0.2, 0.25) is 0 Å². The molecular weight excluding hydrogens is 520 g/mol. The second-order valence-electron chi connectivity index (χ2n) is 9.29. The van der Waals surface area contributed by atoms with E-state index in [2.05, 4.69) is 4.99 Å². The van der Waals surface area contributed by atoms with E-state index in [9.17, 15) is 9.59 Å². The summed E-state index contributed by atoms with van der Waals surface area (Å²) in [5, 5.41) is 4.88. The number of benzene rings is 3. The first kappa shape index (κ1) is 25.5. The standard InChI is InChI=1S/C32H26N4O3S/c1-3-39-31(38)27-21(2)33-32-36(29(27)23-15-9-5-10-16-23)30(37)26(40-32)19-24-20-35(25-17-11-6-12-18-25)34-28(24)22-13-7-4-8-14-22/h4-20,29H,3H2,1-2H3/b26-19-/t29-/m0/s1. The number of nitrogens with zero attached hydrogens (tertiary/aromatic N) is 4. The number of aromatic nitrogens is 3. The maximum atomic E-state index is 14.0. The number of carbonyl (C=O) groups excluding carboxylic acids is 1. The normalized spacial score (nSPS) is 15.1. The lowest BCUT2D eigenvalue weighted by Gasteiger charge is -2.24. The lowest BCUT2D eigenvalue weighted by molar-refractivity contribution is -0.139. The van der Waals surface area contributed by atoms with Crippen LogP contribution in [-0.2, 0) is 9.53 Å². The highest BCUT2D eigenvalue weighted by Gasteiger charge is 2.33. The molecule has 0 N–H and O–H groups in total. The molecule has 8 heteroatoms. The fourth-order valence-electron chi connectivity index (χ4n) is 4.91. The van der Waals surface area contributed by atoms with Gasteiger partial charge < -0.3 is 4.74 Å². The molecule has 3 heterocycles. The van der Waals surface area contributed by atoms with Gasteiger partial charge >= 0.3 is 5.97 Å². The first-order valence-corrected chi connectivity index (χ1v) is 13.8. The predicted octanol–water partition coefficient (Wildman–Crippen LogP) is 4.65. The summed E-state index contributed by atoms with van der Waals surface area (Å²) in [6.07, 6.45) is 3.80. The van der Waals surface area contributed by atoms with Crippen LogP contribution >= 0.6 is 11.3 Å². The third-order valence-electron chi connectivity index (χ3n) is 6.73. The molecule has 0 bridgehead atoms. The Kier molecular flexibility index (Phi) is 6.84. The average Bonchev–Trinajstić information content (AvgIpc) is 3.54. The lowest BCUT2D eigenvalue weighted by atomic mass is 9.96. The Labute approximate surface area is 234 Å². The van der Waals surface area contributed by atoms with Gasteiger partial charge in [0.1, 0.15) is 0 Å². The van der Waals surface area contributed by atoms with Gasteiger partial charge in [-0.15, -0.1) is 0 Å². The number of allylic oxidation sites excluding steroid dienone is 1. The van der Waals surface area contributed by atoms with Gasteiger partial charge in [-0.2, -0.15) is 5.10 Å². The van der Waals surface area contributed by atoms with Crippen molar-refractivity contribution in [3.8, 4) is 16.9 Å². The largest absolute Gasteiger partial charge is 0.463 e. The first-order chi connectivity index (χ1) is 19.5. The molecule has 0 radical (unpaired) electrons. The number of para-hydroxylation sites is 1. The second-order valence-corrected chi connectivity index (χ2v) is 10.3. The molecule has 0 fully saturated rings. The van der Waals surface area contributed by atoms with Crippen LogP contribution in [0.3, 0.4) is 0 Å². The van der Waals surface area contributed by atoms with Gasteiger partial charge in [0, 0.05) is 17.3 Å². The van der Waals surface area contributed by atoms with Crippen LogP contribution < -0.4 is 14.9 Å². The van der Waals surface area contributed by atoms with E-state index in [0.29, 0.717) is 20.6 Å². The van der Waals surface area contributed by atoms with Crippen molar-refractivity contribution in [2.24, 2.45) is 4.99 Å². The van der Waals surface area contributed by atoms with Crippen LogP contribution in [0.4, 0.5) is 0 Å². The van der Waals surface area contributed by atoms with Gasteiger partial charge in [-0.3, -0.25) is 9.36 Å². The van der Waals surface area contributed by atoms with Crippen LogP contribution in [0.25, 0.3) is 23.0 Å². The van der Waals surface area contributed by atoms with Crippen molar-refractivity contribution in [2.45, 2.75) is 19.9 Å². The average molecular weight is 547 g/mol. The number of hydrogen-bond acceptors (Lipinski definition) is 6. The summed E-state index contributed by atoms with van der Waals surface area (Å²) in [6, 6.07) is 28.6. The van der Waals surface area contributed by atoms with Gasteiger partial charge in [0.25, 0.3) is 5.56 Å². The molecule has 5 aromatic rings. The van der Waals surface area contributed by atoms with Gasteiger partial charge in [-0.05, 0) is 37.6 Å². The molecule has 0 aliphatic carbocycles. The van der Waals surface area contributed by atoms with Crippen molar-refractivity contribution >= 4 is 23.4 Å². The molecule has 0 saturated heterocycles.